The first-order valence-corrected chi connectivity index (χ1v) is 6.33. The van der Waals surface area contributed by atoms with E-state index in [4.69, 9.17) is 10.5 Å². The second-order valence-corrected chi connectivity index (χ2v) is 4.57. The molecule has 0 aromatic heterocycles. The highest BCUT2D eigenvalue weighted by atomic mass is 19.1. The van der Waals surface area contributed by atoms with Crippen molar-refractivity contribution >= 4 is 5.69 Å². The summed E-state index contributed by atoms with van der Waals surface area (Å²) >= 11 is 0. The second kappa shape index (κ2) is 6.34. The average molecular weight is 259 g/mol. The van der Waals surface area contributed by atoms with E-state index in [1.54, 1.807) is 6.07 Å². The molecule has 100 valence electrons. The SMILES string of the molecule is Cc1ccc(F)cc1COCCc1ccccc1N. The molecule has 19 heavy (non-hydrogen) atoms. The van der Waals surface area contributed by atoms with Crippen molar-refractivity contribution in [3.8, 4) is 0 Å². The highest BCUT2D eigenvalue weighted by Crippen LogP contribution is 2.13. The van der Waals surface area contributed by atoms with Gasteiger partial charge in [-0.2, -0.15) is 0 Å². The highest BCUT2D eigenvalue weighted by molar-refractivity contribution is 5.46. The number of benzene rings is 2. The molecule has 2 aromatic carbocycles. The van der Waals surface area contributed by atoms with Crippen molar-refractivity contribution < 1.29 is 9.13 Å². The van der Waals surface area contributed by atoms with E-state index in [-0.39, 0.29) is 5.82 Å². The van der Waals surface area contributed by atoms with E-state index in [9.17, 15) is 4.39 Å². The summed E-state index contributed by atoms with van der Waals surface area (Å²) in [7, 11) is 0. The van der Waals surface area contributed by atoms with Gasteiger partial charge in [0.1, 0.15) is 5.82 Å². The van der Waals surface area contributed by atoms with Crippen molar-refractivity contribution in [3.63, 3.8) is 0 Å². The minimum Gasteiger partial charge on any atom is -0.399 e. The number of para-hydroxylation sites is 1. The summed E-state index contributed by atoms with van der Waals surface area (Å²) in [4.78, 5) is 0. The minimum absolute atomic E-state index is 0.225. The molecule has 2 nitrogen and oxygen atoms in total. The summed E-state index contributed by atoms with van der Waals surface area (Å²) in [6.45, 7) is 2.95. The maximum Gasteiger partial charge on any atom is 0.123 e. The highest BCUT2D eigenvalue weighted by Gasteiger charge is 2.02. The van der Waals surface area contributed by atoms with Crippen LogP contribution in [0.3, 0.4) is 0 Å². The predicted molar refractivity (Wildman–Crippen MR) is 75.4 cm³/mol. The molecule has 0 fully saturated rings. The Morgan fingerprint density at radius 1 is 1.11 bits per heavy atom. The van der Waals surface area contributed by atoms with Gasteiger partial charge in [-0.3, -0.25) is 0 Å². The van der Waals surface area contributed by atoms with Crippen molar-refractivity contribution in [1.82, 2.24) is 0 Å². The summed E-state index contributed by atoms with van der Waals surface area (Å²) in [5.41, 5.74) is 9.65. The van der Waals surface area contributed by atoms with Crippen molar-refractivity contribution in [3.05, 3.63) is 65.0 Å². The van der Waals surface area contributed by atoms with E-state index < -0.39 is 0 Å². The lowest BCUT2D eigenvalue weighted by Gasteiger charge is -2.08. The van der Waals surface area contributed by atoms with Crippen LogP contribution in [0.2, 0.25) is 0 Å². The van der Waals surface area contributed by atoms with Crippen molar-refractivity contribution in [2.75, 3.05) is 12.3 Å². The molecule has 0 bridgehead atoms. The largest absolute Gasteiger partial charge is 0.399 e. The Labute approximate surface area is 113 Å². The number of ether oxygens (including phenoxy) is 1. The van der Waals surface area contributed by atoms with Gasteiger partial charge in [0.05, 0.1) is 13.2 Å². The van der Waals surface area contributed by atoms with E-state index in [1.807, 2.05) is 31.2 Å². The van der Waals surface area contributed by atoms with Gasteiger partial charge in [-0.05, 0) is 48.2 Å². The Bertz CT molecular complexity index is 554. The molecule has 0 unspecified atom stereocenters. The van der Waals surface area contributed by atoms with E-state index in [1.165, 1.54) is 12.1 Å². The number of nitrogens with two attached hydrogens (primary N) is 1. The summed E-state index contributed by atoms with van der Waals surface area (Å²) < 4.78 is 18.7. The Morgan fingerprint density at radius 2 is 1.89 bits per heavy atom. The smallest absolute Gasteiger partial charge is 0.123 e. The molecule has 2 N–H and O–H groups in total. The number of nitrogen functional groups attached to an aromatic ring is 1. The molecule has 0 atom stereocenters. The van der Waals surface area contributed by atoms with Gasteiger partial charge in [0, 0.05) is 5.69 Å². The molecule has 0 heterocycles. The van der Waals surface area contributed by atoms with Crippen LogP contribution in [0.4, 0.5) is 10.1 Å². The number of aryl methyl sites for hydroxylation is 1. The molecule has 0 aliphatic rings. The third kappa shape index (κ3) is 3.80. The van der Waals surface area contributed by atoms with Gasteiger partial charge in [-0.25, -0.2) is 4.39 Å². The van der Waals surface area contributed by atoms with Gasteiger partial charge in [0.15, 0.2) is 0 Å². The van der Waals surface area contributed by atoms with Crippen LogP contribution in [0.25, 0.3) is 0 Å². The fourth-order valence-corrected chi connectivity index (χ4v) is 1.92. The monoisotopic (exact) mass is 259 g/mol. The van der Waals surface area contributed by atoms with Crippen molar-refractivity contribution in [2.24, 2.45) is 0 Å². The third-order valence-electron chi connectivity index (χ3n) is 3.14. The maximum atomic E-state index is 13.1. The molecular formula is C16H18FNO. The number of hydrogen-bond donors (Lipinski definition) is 1. The molecule has 0 saturated carbocycles. The van der Waals surface area contributed by atoms with Gasteiger partial charge in [0.2, 0.25) is 0 Å². The third-order valence-corrected chi connectivity index (χ3v) is 3.14. The Balaban J connectivity index is 1.84. The summed E-state index contributed by atoms with van der Waals surface area (Å²) in [5, 5.41) is 0. The standard InChI is InChI=1S/C16H18FNO/c1-12-6-7-15(17)10-14(12)11-19-9-8-13-4-2-3-5-16(13)18/h2-7,10H,8-9,11,18H2,1H3. The first kappa shape index (κ1) is 13.6. The average Bonchev–Trinajstić information content (AvgIpc) is 2.40. The normalized spacial score (nSPS) is 10.6. The minimum atomic E-state index is -0.225. The van der Waals surface area contributed by atoms with E-state index >= 15 is 0 Å². The molecule has 3 heteroatoms. The van der Waals surface area contributed by atoms with Gasteiger partial charge < -0.3 is 10.5 Å². The van der Waals surface area contributed by atoms with Crippen LogP contribution in [-0.2, 0) is 17.8 Å². The Kier molecular flexibility index (Phi) is 4.53. The van der Waals surface area contributed by atoms with Crippen molar-refractivity contribution in [2.45, 2.75) is 20.0 Å². The lowest BCUT2D eigenvalue weighted by atomic mass is 10.1. The van der Waals surface area contributed by atoms with Crippen LogP contribution in [0, 0.1) is 12.7 Å². The molecule has 0 radical (unpaired) electrons. The number of halogens is 1. The fraction of sp³-hybridized carbons (Fsp3) is 0.250. The molecule has 2 aromatic rings. The van der Waals surface area contributed by atoms with Gasteiger partial charge in [-0.15, -0.1) is 0 Å². The van der Waals surface area contributed by atoms with E-state index in [0.29, 0.717) is 13.2 Å². The fourth-order valence-electron chi connectivity index (χ4n) is 1.92. The molecule has 2 rings (SSSR count). The van der Waals surface area contributed by atoms with E-state index in [0.717, 1.165) is 28.8 Å². The van der Waals surface area contributed by atoms with Crippen LogP contribution >= 0.6 is 0 Å². The summed E-state index contributed by atoms with van der Waals surface area (Å²) in [6.07, 6.45) is 0.765. The van der Waals surface area contributed by atoms with Crippen LogP contribution in [0.1, 0.15) is 16.7 Å². The van der Waals surface area contributed by atoms with Crippen molar-refractivity contribution in [1.29, 1.82) is 0 Å². The molecule has 0 spiro atoms. The molecular weight excluding hydrogens is 241 g/mol. The molecule has 0 amide bonds. The van der Waals surface area contributed by atoms with Gasteiger partial charge in [-0.1, -0.05) is 24.3 Å². The number of hydrogen-bond acceptors (Lipinski definition) is 2. The molecule has 0 saturated heterocycles. The quantitative estimate of drug-likeness (QED) is 0.659. The number of rotatable bonds is 5. The predicted octanol–water partition coefficient (Wildman–Crippen LogP) is 3.48. The number of anilines is 1. The van der Waals surface area contributed by atoms with Crippen LogP contribution in [-0.4, -0.2) is 6.61 Å². The summed E-state index contributed by atoms with van der Waals surface area (Å²) in [6, 6.07) is 12.5. The lowest BCUT2D eigenvalue weighted by Crippen LogP contribution is -2.03. The van der Waals surface area contributed by atoms with Gasteiger partial charge in [0.25, 0.3) is 0 Å². The van der Waals surface area contributed by atoms with Gasteiger partial charge >= 0.3 is 0 Å². The zero-order valence-electron chi connectivity index (χ0n) is 11.0. The van der Waals surface area contributed by atoms with Crippen LogP contribution in [0.5, 0.6) is 0 Å². The second-order valence-electron chi connectivity index (χ2n) is 4.57. The van der Waals surface area contributed by atoms with E-state index in [2.05, 4.69) is 0 Å². The zero-order valence-corrected chi connectivity index (χ0v) is 11.0. The van der Waals surface area contributed by atoms with Crippen LogP contribution in [0.15, 0.2) is 42.5 Å². The Morgan fingerprint density at radius 3 is 2.68 bits per heavy atom. The first-order chi connectivity index (χ1) is 9.16. The molecule has 0 aliphatic carbocycles. The Hall–Kier alpha value is -1.87. The molecule has 0 aliphatic heterocycles. The maximum absolute atomic E-state index is 13.1. The summed E-state index contributed by atoms with van der Waals surface area (Å²) in [5.74, 6) is -0.225. The lowest BCUT2D eigenvalue weighted by molar-refractivity contribution is 0.123. The first-order valence-electron chi connectivity index (χ1n) is 6.33. The topological polar surface area (TPSA) is 35.2 Å². The zero-order chi connectivity index (χ0) is 13.7. The van der Waals surface area contributed by atoms with Crippen LogP contribution < -0.4 is 5.73 Å².